The normalized spacial score (nSPS) is 24.7. The molecule has 2 fully saturated rings. The Bertz CT molecular complexity index is 752. The van der Waals surface area contributed by atoms with Gasteiger partial charge < -0.3 is 9.42 Å². The summed E-state index contributed by atoms with van der Waals surface area (Å²) in [5, 5.41) is 4.75. The number of fused-ring (bicyclic) bond motifs is 2. The number of carbonyl (C=O) groups excluding carboxylic acids is 1. The van der Waals surface area contributed by atoms with Crippen LogP contribution in [0.1, 0.15) is 53.8 Å². The topological polar surface area (TPSA) is 59.2 Å². The van der Waals surface area contributed by atoms with Crippen LogP contribution in [-0.4, -0.2) is 34.0 Å². The highest BCUT2D eigenvalue weighted by molar-refractivity contribution is 6.06. The molecule has 2 aromatic heterocycles. The van der Waals surface area contributed by atoms with Gasteiger partial charge in [-0.3, -0.25) is 4.79 Å². The van der Waals surface area contributed by atoms with Crippen LogP contribution in [0.5, 0.6) is 0 Å². The maximum Gasteiger partial charge on any atom is 0.258 e. The summed E-state index contributed by atoms with van der Waals surface area (Å²) in [7, 11) is 0. The molecular formula is C18H23N3O2. The van der Waals surface area contributed by atoms with E-state index >= 15 is 0 Å². The van der Waals surface area contributed by atoms with E-state index in [0.29, 0.717) is 17.2 Å². The van der Waals surface area contributed by atoms with Crippen molar-refractivity contribution in [3.63, 3.8) is 0 Å². The lowest BCUT2D eigenvalue weighted by Crippen LogP contribution is -2.44. The van der Waals surface area contributed by atoms with Gasteiger partial charge in [0.1, 0.15) is 0 Å². The highest BCUT2D eigenvalue weighted by atomic mass is 16.5. The zero-order chi connectivity index (χ0) is 16.0. The van der Waals surface area contributed by atoms with Crippen molar-refractivity contribution >= 4 is 17.0 Å². The van der Waals surface area contributed by atoms with E-state index in [-0.39, 0.29) is 5.91 Å². The molecule has 1 amide bonds. The first-order valence-electron chi connectivity index (χ1n) is 8.66. The number of aromatic nitrogens is 2. The van der Waals surface area contributed by atoms with Crippen molar-refractivity contribution in [2.45, 2.75) is 46.0 Å². The Morgan fingerprint density at radius 2 is 2.00 bits per heavy atom. The van der Waals surface area contributed by atoms with Crippen molar-refractivity contribution in [2.75, 3.05) is 13.1 Å². The smallest absolute Gasteiger partial charge is 0.258 e. The largest absolute Gasteiger partial charge is 0.338 e. The number of amides is 1. The predicted octanol–water partition coefficient (Wildman–Crippen LogP) is 3.49. The molecule has 4 rings (SSSR count). The van der Waals surface area contributed by atoms with E-state index in [1.165, 1.54) is 25.7 Å². The average Bonchev–Trinajstić information content (AvgIpc) is 2.94. The van der Waals surface area contributed by atoms with Gasteiger partial charge in [0.25, 0.3) is 11.6 Å². The van der Waals surface area contributed by atoms with Crippen molar-refractivity contribution in [2.24, 2.45) is 11.8 Å². The monoisotopic (exact) mass is 313 g/mol. The molecule has 2 aliphatic rings. The minimum Gasteiger partial charge on any atom is -0.338 e. The van der Waals surface area contributed by atoms with Crippen molar-refractivity contribution in [3.8, 4) is 0 Å². The first-order chi connectivity index (χ1) is 11.1. The maximum absolute atomic E-state index is 13.1. The number of carbonyl (C=O) groups is 1. The molecule has 2 aromatic rings. The Balaban J connectivity index is 1.65. The van der Waals surface area contributed by atoms with Crippen LogP contribution >= 0.6 is 0 Å². The highest BCUT2D eigenvalue weighted by Gasteiger charge is 2.34. The summed E-state index contributed by atoms with van der Waals surface area (Å²) in [6.45, 7) is 5.53. The molecule has 0 radical (unpaired) electrons. The molecule has 0 spiro atoms. The molecule has 1 aliphatic carbocycles. The van der Waals surface area contributed by atoms with E-state index < -0.39 is 0 Å². The van der Waals surface area contributed by atoms with Gasteiger partial charge in [-0.05, 0) is 44.6 Å². The van der Waals surface area contributed by atoms with Crippen LogP contribution in [-0.2, 0) is 0 Å². The van der Waals surface area contributed by atoms with E-state index in [9.17, 15) is 4.79 Å². The van der Waals surface area contributed by atoms with Gasteiger partial charge in [-0.25, -0.2) is 4.98 Å². The lowest BCUT2D eigenvalue weighted by molar-refractivity contribution is 0.0522. The molecular weight excluding hydrogens is 290 g/mol. The second-order valence-electron chi connectivity index (χ2n) is 7.10. The fourth-order valence-corrected chi connectivity index (χ4v) is 4.34. The molecule has 0 unspecified atom stereocenters. The van der Waals surface area contributed by atoms with Gasteiger partial charge in [-0.15, -0.1) is 0 Å². The Morgan fingerprint density at radius 3 is 2.83 bits per heavy atom. The summed E-state index contributed by atoms with van der Waals surface area (Å²) in [6, 6.07) is 1.88. The number of pyridine rings is 1. The second kappa shape index (κ2) is 5.62. The zero-order valence-electron chi connectivity index (χ0n) is 13.8. The fourth-order valence-electron chi connectivity index (χ4n) is 4.34. The number of nitrogens with zero attached hydrogens (tertiary/aromatic N) is 3. The van der Waals surface area contributed by atoms with Gasteiger partial charge in [-0.1, -0.05) is 24.4 Å². The van der Waals surface area contributed by atoms with Crippen LogP contribution in [0.15, 0.2) is 10.6 Å². The van der Waals surface area contributed by atoms with Crippen LogP contribution in [0.4, 0.5) is 0 Å². The van der Waals surface area contributed by atoms with E-state index in [1.54, 1.807) is 0 Å². The molecule has 0 aromatic carbocycles. The van der Waals surface area contributed by atoms with Gasteiger partial charge in [0.2, 0.25) is 0 Å². The molecule has 1 saturated carbocycles. The lowest BCUT2D eigenvalue weighted by atomic mass is 9.75. The molecule has 122 valence electrons. The zero-order valence-corrected chi connectivity index (χ0v) is 13.8. The number of aryl methyl sites for hydroxylation is 2. The average molecular weight is 313 g/mol. The third-order valence-electron chi connectivity index (χ3n) is 5.55. The number of hydrogen-bond donors (Lipinski definition) is 0. The first kappa shape index (κ1) is 14.7. The van der Waals surface area contributed by atoms with Gasteiger partial charge in [0, 0.05) is 18.8 Å². The summed E-state index contributed by atoms with van der Waals surface area (Å²) in [5.41, 5.74) is 2.70. The summed E-state index contributed by atoms with van der Waals surface area (Å²) < 4.78 is 5.26. The molecule has 5 heteroatoms. The number of hydrogen-bond acceptors (Lipinski definition) is 4. The Kier molecular flexibility index (Phi) is 3.58. The summed E-state index contributed by atoms with van der Waals surface area (Å²) in [6.07, 6.45) is 6.43. The molecule has 5 nitrogen and oxygen atoms in total. The third kappa shape index (κ3) is 2.52. The van der Waals surface area contributed by atoms with Crippen LogP contribution < -0.4 is 0 Å². The minimum atomic E-state index is 0.107. The lowest BCUT2D eigenvalue weighted by Gasteiger charge is -2.41. The van der Waals surface area contributed by atoms with Crippen LogP contribution in [0.3, 0.4) is 0 Å². The van der Waals surface area contributed by atoms with E-state index in [0.717, 1.165) is 42.2 Å². The Labute approximate surface area is 136 Å². The maximum atomic E-state index is 13.1. The molecule has 3 heterocycles. The quantitative estimate of drug-likeness (QED) is 0.808. The number of rotatable bonds is 1. The van der Waals surface area contributed by atoms with Crippen LogP contribution in [0.2, 0.25) is 0 Å². The predicted molar refractivity (Wildman–Crippen MR) is 87.2 cm³/mol. The van der Waals surface area contributed by atoms with Gasteiger partial charge in [0.05, 0.1) is 16.6 Å². The SMILES string of the molecule is Cc1cc(C(=O)N2CC[C@H]3CCCC[C@@H]3C2)c2c(C)noc2n1. The van der Waals surface area contributed by atoms with Crippen molar-refractivity contribution in [1.82, 2.24) is 15.0 Å². The van der Waals surface area contributed by atoms with Gasteiger partial charge in [-0.2, -0.15) is 0 Å². The van der Waals surface area contributed by atoms with E-state index in [4.69, 9.17) is 4.52 Å². The number of likely N-dealkylation sites (tertiary alicyclic amines) is 1. The summed E-state index contributed by atoms with van der Waals surface area (Å²) in [5.74, 6) is 1.61. The molecule has 0 bridgehead atoms. The Hall–Kier alpha value is -1.91. The summed E-state index contributed by atoms with van der Waals surface area (Å²) in [4.78, 5) is 19.5. The third-order valence-corrected chi connectivity index (χ3v) is 5.55. The molecule has 23 heavy (non-hydrogen) atoms. The second-order valence-corrected chi connectivity index (χ2v) is 7.10. The fraction of sp³-hybridized carbons (Fsp3) is 0.611. The molecule has 0 N–H and O–H groups in total. The van der Waals surface area contributed by atoms with Gasteiger partial charge in [0.15, 0.2) is 0 Å². The van der Waals surface area contributed by atoms with Crippen molar-refractivity contribution in [1.29, 1.82) is 0 Å². The highest BCUT2D eigenvalue weighted by Crippen LogP contribution is 2.36. The molecule has 1 aliphatic heterocycles. The Morgan fingerprint density at radius 1 is 1.22 bits per heavy atom. The van der Waals surface area contributed by atoms with Crippen molar-refractivity contribution < 1.29 is 9.32 Å². The number of piperidine rings is 1. The standard InChI is InChI=1S/C18H23N3O2/c1-11-9-15(16-12(2)20-23-17(16)19-11)18(22)21-8-7-13-5-3-4-6-14(13)10-21/h9,13-14H,3-8,10H2,1-2H3/t13-,14-/m1/s1. The molecule has 1 saturated heterocycles. The minimum absolute atomic E-state index is 0.107. The summed E-state index contributed by atoms with van der Waals surface area (Å²) >= 11 is 0. The van der Waals surface area contributed by atoms with Gasteiger partial charge >= 0.3 is 0 Å². The molecule has 2 atom stereocenters. The van der Waals surface area contributed by atoms with Crippen molar-refractivity contribution in [3.05, 3.63) is 23.0 Å². The van der Waals surface area contributed by atoms with Crippen LogP contribution in [0, 0.1) is 25.7 Å². The first-order valence-corrected chi connectivity index (χ1v) is 8.66. The van der Waals surface area contributed by atoms with E-state index in [1.807, 2.05) is 24.8 Å². The van der Waals surface area contributed by atoms with E-state index in [2.05, 4.69) is 10.1 Å². The van der Waals surface area contributed by atoms with Crippen LogP contribution in [0.25, 0.3) is 11.1 Å².